The van der Waals surface area contributed by atoms with E-state index in [0.717, 1.165) is 22.5 Å². The Labute approximate surface area is 225 Å². The molecule has 1 aliphatic heterocycles. The van der Waals surface area contributed by atoms with E-state index in [-0.39, 0.29) is 43.6 Å². The minimum absolute atomic E-state index is 0.0602. The first-order chi connectivity index (χ1) is 18.1. The summed E-state index contributed by atoms with van der Waals surface area (Å²) in [5.74, 6) is -1.02. The van der Waals surface area contributed by atoms with Crippen molar-refractivity contribution in [3.63, 3.8) is 0 Å². The first kappa shape index (κ1) is 27.3. The Morgan fingerprint density at radius 2 is 1.47 bits per heavy atom. The monoisotopic (exact) mass is 555 g/mol. The summed E-state index contributed by atoms with van der Waals surface area (Å²) in [6, 6.07) is 16.7. The molecule has 2 aromatic carbocycles. The molecular weight excluding hydrogens is 526 g/mol. The minimum atomic E-state index is -4.24. The van der Waals surface area contributed by atoms with E-state index >= 15 is 0 Å². The lowest BCUT2D eigenvalue weighted by atomic mass is 10.2. The third-order valence-corrected chi connectivity index (χ3v) is 8.96. The van der Waals surface area contributed by atoms with Gasteiger partial charge >= 0.3 is 0 Å². The summed E-state index contributed by atoms with van der Waals surface area (Å²) in [4.78, 5) is 42.1. The quantitative estimate of drug-likeness (QED) is 0.457. The predicted molar refractivity (Wildman–Crippen MR) is 144 cm³/mol. The van der Waals surface area contributed by atoms with Gasteiger partial charge in [0.1, 0.15) is 5.75 Å². The van der Waals surface area contributed by atoms with Gasteiger partial charge < -0.3 is 19.9 Å². The van der Waals surface area contributed by atoms with Crippen molar-refractivity contribution in [3.05, 3.63) is 82.0 Å². The topological polar surface area (TPSA) is 113 Å². The van der Waals surface area contributed by atoms with E-state index in [1.54, 1.807) is 46.7 Å². The number of carbonyl (C=O) groups excluding carboxylic acids is 3. The number of sulfone groups is 1. The molecule has 11 heteroatoms. The zero-order valence-electron chi connectivity index (χ0n) is 21.1. The standard InChI is InChI=1S/C27H29N3O6S2/c1-19-5-9-21(10-6-19)36-18-24(31)29-13-15-30(16-14-29)27(33)26(28-25(32)23-4-3-17-37-23)38(34,35)22-11-7-20(2)8-12-22/h3-12,17,26H,13-16,18H2,1-2H3,(H,28,32). The van der Waals surface area contributed by atoms with E-state index < -0.39 is 27.0 Å². The van der Waals surface area contributed by atoms with Gasteiger partial charge in [-0.15, -0.1) is 11.3 Å². The molecule has 0 spiro atoms. The first-order valence-electron chi connectivity index (χ1n) is 12.1. The van der Waals surface area contributed by atoms with Crippen LogP contribution in [0.3, 0.4) is 0 Å². The summed E-state index contributed by atoms with van der Waals surface area (Å²) < 4.78 is 32.6. The van der Waals surface area contributed by atoms with Crippen molar-refractivity contribution in [3.8, 4) is 5.75 Å². The molecule has 0 aliphatic carbocycles. The van der Waals surface area contributed by atoms with Crippen molar-refractivity contribution in [1.29, 1.82) is 0 Å². The Hall–Kier alpha value is -3.70. The highest BCUT2D eigenvalue weighted by Gasteiger charge is 2.39. The number of hydrogen-bond acceptors (Lipinski definition) is 7. The van der Waals surface area contributed by atoms with Crippen LogP contribution in [-0.4, -0.2) is 74.1 Å². The van der Waals surface area contributed by atoms with E-state index in [4.69, 9.17) is 4.74 Å². The maximum atomic E-state index is 13.5. The number of carbonyl (C=O) groups is 3. The van der Waals surface area contributed by atoms with Gasteiger partial charge in [-0.1, -0.05) is 41.5 Å². The van der Waals surface area contributed by atoms with Gasteiger partial charge in [-0.2, -0.15) is 0 Å². The van der Waals surface area contributed by atoms with Gasteiger partial charge in [0.15, 0.2) is 6.61 Å². The highest BCUT2D eigenvalue weighted by atomic mass is 32.2. The molecule has 1 unspecified atom stereocenters. The normalized spacial score (nSPS) is 14.6. The van der Waals surface area contributed by atoms with Crippen LogP contribution in [0.5, 0.6) is 5.75 Å². The van der Waals surface area contributed by atoms with Crippen LogP contribution in [0.15, 0.2) is 70.9 Å². The molecule has 0 radical (unpaired) electrons. The van der Waals surface area contributed by atoms with E-state index in [1.807, 2.05) is 26.0 Å². The molecule has 1 atom stereocenters. The average molecular weight is 556 g/mol. The largest absolute Gasteiger partial charge is 0.484 e. The van der Waals surface area contributed by atoms with E-state index in [1.165, 1.54) is 17.0 Å². The van der Waals surface area contributed by atoms with Gasteiger partial charge in [0, 0.05) is 26.2 Å². The molecule has 9 nitrogen and oxygen atoms in total. The van der Waals surface area contributed by atoms with Crippen molar-refractivity contribution in [2.24, 2.45) is 0 Å². The fourth-order valence-electron chi connectivity index (χ4n) is 3.95. The summed E-state index contributed by atoms with van der Waals surface area (Å²) in [5, 5.41) is 2.33. The molecular formula is C27H29N3O6S2. The number of benzene rings is 2. The van der Waals surface area contributed by atoms with Gasteiger partial charge in [0.2, 0.25) is 15.2 Å². The first-order valence-corrected chi connectivity index (χ1v) is 14.5. The maximum Gasteiger partial charge on any atom is 0.262 e. The fourth-order valence-corrected chi connectivity index (χ4v) is 6.04. The van der Waals surface area contributed by atoms with Gasteiger partial charge in [0.25, 0.3) is 17.7 Å². The summed E-state index contributed by atoms with van der Waals surface area (Å²) in [7, 11) is -4.24. The number of hydrogen-bond donors (Lipinski definition) is 1. The molecule has 1 aromatic heterocycles. The van der Waals surface area contributed by atoms with Crippen LogP contribution in [0.1, 0.15) is 20.8 Å². The predicted octanol–water partition coefficient (Wildman–Crippen LogP) is 2.64. The summed E-state index contributed by atoms with van der Waals surface area (Å²) in [6.45, 7) is 4.34. The van der Waals surface area contributed by atoms with Gasteiger partial charge in [-0.3, -0.25) is 14.4 Å². The smallest absolute Gasteiger partial charge is 0.262 e. The van der Waals surface area contributed by atoms with Crippen molar-refractivity contribution >= 4 is 38.9 Å². The van der Waals surface area contributed by atoms with Crippen LogP contribution in [-0.2, 0) is 19.4 Å². The van der Waals surface area contributed by atoms with Gasteiger partial charge in [0.05, 0.1) is 9.77 Å². The lowest BCUT2D eigenvalue weighted by Crippen LogP contribution is -2.58. The lowest BCUT2D eigenvalue weighted by Gasteiger charge is -2.36. The van der Waals surface area contributed by atoms with Crippen LogP contribution in [0.2, 0.25) is 0 Å². The SMILES string of the molecule is Cc1ccc(OCC(=O)N2CCN(C(=O)C(NC(=O)c3cccs3)S(=O)(=O)c3ccc(C)cc3)CC2)cc1. The zero-order chi connectivity index (χ0) is 27.3. The lowest BCUT2D eigenvalue weighted by molar-refractivity contribution is -0.140. The minimum Gasteiger partial charge on any atom is -0.484 e. The second-order valence-corrected chi connectivity index (χ2v) is 12.0. The summed E-state index contributed by atoms with van der Waals surface area (Å²) in [6.07, 6.45) is 0. The van der Waals surface area contributed by atoms with E-state index in [2.05, 4.69) is 5.32 Å². The van der Waals surface area contributed by atoms with Crippen molar-refractivity contribution in [2.45, 2.75) is 24.1 Å². The molecule has 0 saturated carbocycles. The molecule has 4 rings (SSSR count). The average Bonchev–Trinajstić information content (AvgIpc) is 3.46. The molecule has 1 N–H and O–H groups in total. The Bertz CT molecular complexity index is 1380. The number of piperazine rings is 1. The molecule has 3 aromatic rings. The molecule has 200 valence electrons. The number of amides is 3. The highest BCUT2D eigenvalue weighted by Crippen LogP contribution is 2.20. The second kappa shape index (κ2) is 11.8. The number of ether oxygens (including phenoxy) is 1. The van der Waals surface area contributed by atoms with Gasteiger partial charge in [-0.05, 0) is 49.6 Å². The van der Waals surface area contributed by atoms with Crippen molar-refractivity contribution in [2.75, 3.05) is 32.8 Å². The number of thiophene rings is 1. The Morgan fingerprint density at radius 1 is 0.895 bits per heavy atom. The van der Waals surface area contributed by atoms with Crippen LogP contribution >= 0.6 is 11.3 Å². The zero-order valence-corrected chi connectivity index (χ0v) is 22.8. The van der Waals surface area contributed by atoms with Crippen LogP contribution in [0, 0.1) is 13.8 Å². The molecule has 1 aliphatic rings. The Kier molecular flexibility index (Phi) is 8.48. The highest BCUT2D eigenvalue weighted by molar-refractivity contribution is 7.92. The second-order valence-electron chi connectivity index (χ2n) is 9.00. The molecule has 3 amide bonds. The fraction of sp³-hybridized carbons (Fsp3) is 0.296. The summed E-state index contributed by atoms with van der Waals surface area (Å²) >= 11 is 1.15. The van der Waals surface area contributed by atoms with E-state index in [0.29, 0.717) is 10.6 Å². The Morgan fingerprint density at radius 3 is 2.05 bits per heavy atom. The Balaban J connectivity index is 1.44. The molecule has 1 fully saturated rings. The van der Waals surface area contributed by atoms with E-state index in [9.17, 15) is 22.8 Å². The van der Waals surface area contributed by atoms with Crippen LogP contribution < -0.4 is 10.1 Å². The molecule has 0 bridgehead atoms. The third-order valence-electron chi connectivity index (χ3n) is 6.22. The van der Waals surface area contributed by atoms with Crippen molar-refractivity contribution in [1.82, 2.24) is 15.1 Å². The van der Waals surface area contributed by atoms with Crippen LogP contribution in [0.25, 0.3) is 0 Å². The van der Waals surface area contributed by atoms with Crippen molar-refractivity contribution < 1.29 is 27.5 Å². The summed E-state index contributed by atoms with van der Waals surface area (Å²) in [5.41, 5.74) is 1.94. The number of aryl methyl sites for hydroxylation is 2. The number of rotatable bonds is 8. The number of nitrogens with zero attached hydrogens (tertiary/aromatic N) is 2. The van der Waals surface area contributed by atoms with Gasteiger partial charge in [-0.25, -0.2) is 8.42 Å². The molecule has 2 heterocycles. The maximum absolute atomic E-state index is 13.5. The molecule has 1 saturated heterocycles. The molecule has 38 heavy (non-hydrogen) atoms. The third kappa shape index (κ3) is 6.40. The van der Waals surface area contributed by atoms with Crippen LogP contribution in [0.4, 0.5) is 0 Å². The number of nitrogens with one attached hydrogen (secondary N) is 1.